The molecule has 2 N–H and O–H groups in total. The van der Waals surface area contributed by atoms with Crippen molar-refractivity contribution in [2.45, 2.75) is 39.2 Å². The topological polar surface area (TPSA) is 35.2 Å². The number of aryl methyl sites for hydroxylation is 1. The Morgan fingerprint density at radius 1 is 1.12 bits per heavy atom. The predicted molar refractivity (Wildman–Crippen MR) is 68.5 cm³/mol. The highest BCUT2D eigenvalue weighted by molar-refractivity contribution is 5.24. The van der Waals surface area contributed by atoms with Crippen molar-refractivity contribution in [2.24, 2.45) is 5.73 Å². The van der Waals surface area contributed by atoms with Gasteiger partial charge in [-0.25, -0.2) is 0 Å². The van der Waals surface area contributed by atoms with Crippen LogP contribution in [0.1, 0.15) is 43.9 Å². The summed E-state index contributed by atoms with van der Waals surface area (Å²) in [4.78, 5) is 0. The molecule has 0 saturated carbocycles. The van der Waals surface area contributed by atoms with Gasteiger partial charge >= 0.3 is 0 Å². The zero-order valence-electron chi connectivity index (χ0n) is 10.4. The summed E-state index contributed by atoms with van der Waals surface area (Å²) in [5, 5.41) is 0. The normalized spacial score (nSPS) is 12.7. The number of benzene rings is 1. The van der Waals surface area contributed by atoms with E-state index < -0.39 is 0 Å². The largest absolute Gasteiger partial charge is 0.379 e. The Morgan fingerprint density at radius 3 is 2.38 bits per heavy atom. The first-order chi connectivity index (χ1) is 7.77. The highest BCUT2D eigenvalue weighted by atomic mass is 16.5. The van der Waals surface area contributed by atoms with Crippen LogP contribution in [0, 0.1) is 0 Å². The predicted octanol–water partition coefficient (Wildman–Crippen LogP) is 3.07. The molecule has 1 unspecified atom stereocenters. The van der Waals surface area contributed by atoms with E-state index >= 15 is 0 Å². The second-order valence-electron chi connectivity index (χ2n) is 4.17. The highest BCUT2D eigenvalue weighted by Gasteiger charge is 2.05. The molecule has 0 heterocycles. The van der Waals surface area contributed by atoms with Crippen LogP contribution in [0.15, 0.2) is 24.3 Å². The third-order valence-electron chi connectivity index (χ3n) is 2.59. The van der Waals surface area contributed by atoms with Crippen molar-refractivity contribution >= 4 is 0 Å². The van der Waals surface area contributed by atoms with Gasteiger partial charge in [-0.1, -0.05) is 44.5 Å². The number of hydrogen-bond acceptors (Lipinski definition) is 2. The van der Waals surface area contributed by atoms with E-state index in [9.17, 15) is 0 Å². The fraction of sp³-hybridized carbons (Fsp3) is 0.571. The maximum Gasteiger partial charge on any atom is 0.0659 e. The van der Waals surface area contributed by atoms with Crippen LogP contribution in [0.3, 0.4) is 0 Å². The van der Waals surface area contributed by atoms with E-state index in [-0.39, 0.29) is 6.04 Å². The van der Waals surface area contributed by atoms with Crippen molar-refractivity contribution < 1.29 is 4.74 Å². The summed E-state index contributed by atoms with van der Waals surface area (Å²) in [7, 11) is 0. The van der Waals surface area contributed by atoms with Crippen molar-refractivity contribution in [3.8, 4) is 0 Å². The standard InChI is InChI=1S/C14H23NO/c1-3-5-12-6-8-13(9-7-12)14(15)11-16-10-4-2/h6-9,14H,3-5,10-11,15H2,1-2H3. The number of hydrogen-bond donors (Lipinski definition) is 1. The molecule has 1 atom stereocenters. The monoisotopic (exact) mass is 221 g/mol. The van der Waals surface area contributed by atoms with Gasteiger partial charge in [0.25, 0.3) is 0 Å². The first-order valence-corrected chi connectivity index (χ1v) is 6.20. The molecule has 2 heteroatoms. The molecule has 16 heavy (non-hydrogen) atoms. The van der Waals surface area contributed by atoms with E-state index in [1.807, 2.05) is 0 Å². The summed E-state index contributed by atoms with van der Waals surface area (Å²) in [5.41, 5.74) is 8.58. The molecule has 0 fully saturated rings. The molecule has 0 aliphatic heterocycles. The summed E-state index contributed by atoms with van der Waals surface area (Å²) in [5.74, 6) is 0. The summed E-state index contributed by atoms with van der Waals surface area (Å²) in [6.07, 6.45) is 3.37. The third-order valence-corrected chi connectivity index (χ3v) is 2.59. The van der Waals surface area contributed by atoms with E-state index in [1.54, 1.807) is 0 Å². The summed E-state index contributed by atoms with van der Waals surface area (Å²) in [6, 6.07) is 8.56. The summed E-state index contributed by atoms with van der Waals surface area (Å²) < 4.78 is 5.45. The van der Waals surface area contributed by atoms with Crippen molar-refractivity contribution in [1.82, 2.24) is 0 Å². The van der Waals surface area contributed by atoms with Gasteiger partial charge in [0.05, 0.1) is 12.6 Å². The molecule has 1 rings (SSSR count). The van der Waals surface area contributed by atoms with E-state index in [2.05, 4.69) is 38.1 Å². The number of ether oxygens (including phenoxy) is 1. The summed E-state index contributed by atoms with van der Waals surface area (Å²) >= 11 is 0. The molecule has 90 valence electrons. The molecule has 0 radical (unpaired) electrons. The minimum atomic E-state index is 0.00206. The Bertz CT molecular complexity index is 281. The Hall–Kier alpha value is -0.860. The Kier molecular flexibility index (Phi) is 6.12. The average Bonchev–Trinajstić information content (AvgIpc) is 2.30. The van der Waals surface area contributed by atoms with Gasteiger partial charge in [-0.05, 0) is 24.0 Å². The lowest BCUT2D eigenvalue weighted by Gasteiger charge is -2.12. The zero-order valence-corrected chi connectivity index (χ0v) is 10.4. The van der Waals surface area contributed by atoms with Crippen LogP contribution < -0.4 is 5.73 Å². The second kappa shape index (κ2) is 7.42. The second-order valence-corrected chi connectivity index (χ2v) is 4.17. The van der Waals surface area contributed by atoms with Crippen molar-refractivity contribution in [3.05, 3.63) is 35.4 Å². The third kappa shape index (κ3) is 4.33. The van der Waals surface area contributed by atoms with Gasteiger partial charge in [0.2, 0.25) is 0 Å². The summed E-state index contributed by atoms with van der Waals surface area (Å²) in [6.45, 7) is 5.70. The van der Waals surface area contributed by atoms with E-state index in [0.29, 0.717) is 6.61 Å². The van der Waals surface area contributed by atoms with Gasteiger partial charge in [-0.15, -0.1) is 0 Å². The number of nitrogens with two attached hydrogens (primary N) is 1. The fourth-order valence-electron chi connectivity index (χ4n) is 1.67. The van der Waals surface area contributed by atoms with Crippen LogP contribution in [-0.4, -0.2) is 13.2 Å². The maximum atomic E-state index is 6.03. The average molecular weight is 221 g/mol. The molecular weight excluding hydrogens is 198 g/mol. The van der Waals surface area contributed by atoms with Gasteiger partial charge in [0, 0.05) is 6.61 Å². The van der Waals surface area contributed by atoms with E-state index in [0.717, 1.165) is 25.0 Å². The lowest BCUT2D eigenvalue weighted by molar-refractivity contribution is 0.121. The lowest BCUT2D eigenvalue weighted by Crippen LogP contribution is -2.17. The SMILES string of the molecule is CCCOCC(N)c1ccc(CCC)cc1. The van der Waals surface area contributed by atoms with Crippen LogP contribution in [0.5, 0.6) is 0 Å². The Labute approximate surface area is 98.8 Å². The molecule has 0 saturated heterocycles. The van der Waals surface area contributed by atoms with Crippen LogP contribution >= 0.6 is 0 Å². The van der Waals surface area contributed by atoms with Gasteiger partial charge in [-0.2, -0.15) is 0 Å². The van der Waals surface area contributed by atoms with Gasteiger partial charge in [0.15, 0.2) is 0 Å². The quantitative estimate of drug-likeness (QED) is 0.718. The van der Waals surface area contributed by atoms with Gasteiger partial charge < -0.3 is 10.5 Å². The van der Waals surface area contributed by atoms with Gasteiger partial charge in [0.1, 0.15) is 0 Å². The molecule has 0 aliphatic carbocycles. The van der Waals surface area contributed by atoms with Crippen molar-refractivity contribution in [1.29, 1.82) is 0 Å². The molecule has 1 aromatic rings. The smallest absolute Gasteiger partial charge is 0.0659 e. The molecule has 0 amide bonds. The minimum Gasteiger partial charge on any atom is -0.379 e. The van der Waals surface area contributed by atoms with Crippen molar-refractivity contribution in [3.63, 3.8) is 0 Å². The first kappa shape index (κ1) is 13.2. The molecule has 0 aromatic heterocycles. The van der Waals surface area contributed by atoms with E-state index in [1.165, 1.54) is 12.0 Å². The zero-order chi connectivity index (χ0) is 11.8. The van der Waals surface area contributed by atoms with E-state index in [4.69, 9.17) is 10.5 Å². The Morgan fingerprint density at radius 2 is 1.81 bits per heavy atom. The highest BCUT2D eigenvalue weighted by Crippen LogP contribution is 2.13. The lowest BCUT2D eigenvalue weighted by atomic mass is 10.0. The molecule has 0 aliphatic rings. The number of rotatable bonds is 7. The van der Waals surface area contributed by atoms with Gasteiger partial charge in [-0.3, -0.25) is 0 Å². The molecular formula is C14H23NO. The van der Waals surface area contributed by atoms with Crippen LogP contribution in [0.25, 0.3) is 0 Å². The van der Waals surface area contributed by atoms with Crippen molar-refractivity contribution in [2.75, 3.05) is 13.2 Å². The Balaban J connectivity index is 2.46. The first-order valence-electron chi connectivity index (χ1n) is 6.20. The van der Waals surface area contributed by atoms with Crippen LogP contribution in [0.4, 0.5) is 0 Å². The molecule has 2 nitrogen and oxygen atoms in total. The van der Waals surface area contributed by atoms with Crippen LogP contribution in [0.2, 0.25) is 0 Å². The molecule has 1 aromatic carbocycles. The minimum absolute atomic E-state index is 0.00206. The maximum absolute atomic E-state index is 6.03. The fourth-order valence-corrected chi connectivity index (χ4v) is 1.67. The molecule has 0 spiro atoms. The van der Waals surface area contributed by atoms with Crippen LogP contribution in [-0.2, 0) is 11.2 Å². The molecule has 0 bridgehead atoms.